The van der Waals surface area contributed by atoms with Gasteiger partial charge in [0.25, 0.3) is 0 Å². The second-order valence-electron chi connectivity index (χ2n) is 5.41. The topological polar surface area (TPSA) is 55.1 Å². The fraction of sp³-hybridized carbons (Fsp3) is 0.353. The van der Waals surface area contributed by atoms with Crippen LogP contribution in [0.25, 0.3) is 0 Å². The maximum absolute atomic E-state index is 11.9. The summed E-state index contributed by atoms with van der Waals surface area (Å²) in [6.07, 6.45) is 1.33. The van der Waals surface area contributed by atoms with Crippen LogP contribution in [0.4, 0.5) is 0 Å². The molecule has 0 spiro atoms. The summed E-state index contributed by atoms with van der Waals surface area (Å²) in [5.41, 5.74) is 7.05. The van der Waals surface area contributed by atoms with Crippen molar-refractivity contribution in [2.24, 2.45) is 11.7 Å². The minimum absolute atomic E-state index is 0.0179. The first-order valence-electron chi connectivity index (χ1n) is 7.24. The average molecular weight is 302 g/mol. The number of hydrogen-bond acceptors (Lipinski definition) is 3. The fourth-order valence-corrected chi connectivity index (χ4v) is 3.09. The number of carbonyl (C=O) groups excluding carboxylic acids is 1. The Bertz CT molecular complexity index is 539. The monoisotopic (exact) mass is 302 g/mol. The number of benzene rings is 1. The molecule has 21 heavy (non-hydrogen) atoms. The first-order chi connectivity index (χ1) is 10.1. The van der Waals surface area contributed by atoms with Crippen molar-refractivity contribution in [2.45, 2.75) is 25.8 Å². The Balaban J connectivity index is 1.72. The summed E-state index contributed by atoms with van der Waals surface area (Å²) >= 11 is 1.76. The van der Waals surface area contributed by atoms with Gasteiger partial charge in [0, 0.05) is 23.9 Å². The molecule has 0 saturated heterocycles. The lowest BCUT2D eigenvalue weighted by Gasteiger charge is -2.14. The van der Waals surface area contributed by atoms with E-state index in [1.165, 1.54) is 4.88 Å². The maximum Gasteiger partial charge on any atom is 0.221 e. The second kappa shape index (κ2) is 7.96. The molecule has 0 bridgehead atoms. The van der Waals surface area contributed by atoms with Gasteiger partial charge in [0.1, 0.15) is 0 Å². The summed E-state index contributed by atoms with van der Waals surface area (Å²) in [6.45, 7) is 2.84. The zero-order valence-electron chi connectivity index (χ0n) is 12.3. The molecule has 3 nitrogen and oxygen atoms in total. The molecule has 0 fully saturated rings. The predicted molar refractivity (Wildman–Crippen MR) is 88.2 cm³/mol. The average Bonchev–Trinajstić information content (AvgIpc) is 2.99. The molecular formula is C17H22N2OS. The predicted octanol–water partition coefficient (Wildman–Crippen LogP) is 3.13. The van der Waals surface area contributed by atoms with Gasteiger partial charge in [-0.1, -0.05) is 43.3 Å². The van der Waals surface area contributed by atoms with Crippen molar-refractivity contribution in [3.63, 3.8) is 0 Å². The molecule has 0 saturated carbocycles. The van der Waals surface area contributed by atoms with Crippen LogP contribution in [0.15, 0.2) is 47.8 Å². The van der Waals surface area contributed by atoms with E-state index in [0.29, 0.717) is 18.9 Å². The van der Waals surface area contributed by atoms with E-state index >= 15 is 0 Å². The highest BCUT2D eigenvalue weighted by atomic mass is 32.1. The Morgan fingerprint density at radius 2 is 2.00 bits per heavy atom. The highest BCUT2D eigenvalue weighted by Crippen LogP contribution is 2.15. The highest BCUT2D eigenvalue weighted by Gasteiger charge is 2.12. The van der Waals surface area contributed by atoms with E-state index < -0.39 is 0 Å². The van der Waals surface area contributed by atoms with E-state index in [-0.39, 0.29) is 11.9 Å². The number of amides is 1. The van der Waals surface area contributed by atoms with Gasteiger partial charge in [0.2, 0.25) is 5.91 Å². The Morgan fingerprint density at radius 1 is 1.24 bits per heavy atom. The number of nitrogens with two attached hydrogens (primary N) is 1. The van der Waals surface area contributed by atoms with Crippen molar-refractivity contribution >= 4 is 17.2 Å². The molecule has 2 aromatic rings. The quantitative estimate of drug-likeness (QED) is 0.825. The van der Waals surface area contributed by atoms with Gasteiger partial charge in [-0.3, -0.25) is 4.79 Å². The maximum atomic E-state index is 11.9. The minimum atomic E-state index is -0.237. The number of hydrogen-bond donors (Lipinski definition) is 2. The zero-order valence-corrected chi connectivity index (χ0v) is 13.1. The standard InChI is InChI=1S/C17H22N2OS/c1-13(10-15-8-5-9-21-15)12-19-17(20)11-16(18)14-6-3-2-4-7-14/h2-9,13,16H,10-12,18H2,1H3,(H,19,20). The van der Waals surface area contributed by atoms with Gasteiger partial charge in [0.05, 0.1) is 0 Å². The van der Waals surface area contributed by atoms with Crippen molar-refractivity contribution in [3.05, 3.63) is 58.3 Å². The number of nitrogens with one attached hydrogen (secondary N) is 1. The Labute approximate surface area is 130 Å². The normalized spacial score (nSPS) is 13.6. The van der Waals surface area contributed by atoms with E-state index in [0.717, 1.165) is 12.0 Å². The Morgan fingerprint density at radius 3 is 2.67 bits per heavy atom. The van der Waals surface area contributed by atoms with Crippen molar-refractivity contribution < 1.29 is 4.79 Å². The molecule has 4 heteroatoms. The molecule has 112 valence electrons. The molecule has 3 N–H and O–H groups in total. The first kappa shape index (κ1) is 15.7. The van der Waals surface area contributed by atoms with Crippen LogP contribution in [0, 0.1) is 5.92 Å². The zero-order chi connectivity index (χ0) is 15.1. The van der Waals surface area contributed by atoms with E-state index in [1.807, 2.05) is 30.3 Å². The van der Waals surface area contributed by atoms with E-state index in [1.54, 1.807) is 11.3 Å². The third-order valence-corrected chi connectivity index (χ3v) is 4.31. The van der Waals surface area contributed by atoms with Gasteiger partial charge in [-0.05, 0) is 29.3 Å². The number of thiophene rings is 1. The molecule has 0 aliphatic heterocycles. The second-order valence-corrected chi connectivity index (χ2v) is 6.45. The van der Waals surface area contributed by atoms with Crippen molar-refractivity contribution in [2.75, 3.05) is 6.54 Å². The molecule has 2 atom stereocenters. The highest BCUT2D eigenvalue weighted by molar-refractivity contribution is 7.09. The third-order valence-electron chi connectivity index (χ3n) is 3.41. The SMILES string of the molecule is CC(CNC(=O)CC(N)c1ccccc1)Cc1cccs1. The molecule has 0 radical (unpaired) electrons. The summed E-state index contributed by atoms with van der Waals surface area (Å²) in [5.74, 6) is 0.449. The molecule has 1 heterocycles. The molecule has 1 amide bonds. The summed E-state index contributed by atoms with van der Waals surface area (Å²) in [4.78, 5) is 13.3. The van der Waals surface area contributed by atoms with Crippen LogP contribution >= 0.6 is 11.3 Å². The summed E-state index contributed by atoms with van der Waals surface area (Å²) < 4.78 is 0. The van der Waals surface area contributed by atoms with Crippen molar-refractivity contribution in [3.8, 4) is 0 Å². The van der Waals surface area contributed by atoms with Gasteiger partial charge in [-0.2, -0.15) is 0 Å². The summed E-state index contributed by atoms with van der Waals surface area (Å²) in [7, 11) is 0. The van der Waals surface area contributed by atoms with Crippen LogP contribution in [0.2, 0.25) is 0 Å². The lowest BCUT2D eigenvalue weighted by Crippen LogP contribution is -2.31. The van der Waals surface area contributed by atoms with Crippen LogP contribution in [0.1, 0.15) is 29.8 Å². The van der Waals surface area contributed by atoms with Crippen LogP contribution in [0.5, 0.6) is 0 Å². The van der Waals surface area contributed by atoms with Gasteiger partial charge < -0.3 is 11.1 Å². The molecular weight excluding hydrogens is 280 g/mol. The van der Waals surface area contributed by atoms with E-state index in [9.17, 15) is 4.79 Å². The third kappa shape index (κ3) is 5.33. The van der Waals surface area contributed by atoms with Gasteiger partial charge in [0.15, 0.2) is 0 Å². The summed E-state index contributed by atoms with van der Waals surface area (Å²) in [6, 6.07) is 13.7. The first-order valence-corrected chi connectivity index (χ1v) is 8.12. The summed E-state index contributed by atoms with van der Waals surface area (Å²) in [5, 5.41) is 5.06. The molecule has 0 aliphatic rings. The van der Waals surface area contributed by atoms with Crippen LogP contribution in [0.3, 0.4) is 0 Å². The van der Waals surface area contributed by atoms with Gasteiger partial charge >= 0.3 is 0 Å². The van der Waals surface area contributed by atoms with Gasteiger partial charge in [-0.15, -0.1) is 11.3 Å². The van der Waals surface area contributed by atoms with Crippen LogP contribution < -0.4 is 11.1 Å². The number of rotatable bonds is 7. The van der Waals surface area contributed by atoms with E-state index in [2.05, 4.69) is 29.8 Å². The van der Waals surface area contributed by atoms with Crippen molar-refractivity contribution in [1.82, 2.24) is 5.32 Å². The Hall–Kier alpha value is -1.65. The Kier molecular flexibility index (Phi) is 5.96. The lowest BCUT2D eigenvalue weighted by molar-refractivity contribution is -0.121. The fourth-order valence-electron chi connectivity index (χ4n) is 2.22. The number of carbonyl (C=O) groups is 1. The van der Waals surface area contributed by atoms with Crippen molar-refractivity contribution in [1.29, 1.82) is 0 Å². The molecule has 1 aromatic carbocycles. The van der Waals surface area contributed by atoms with Crippen LogP contribution in [-0.2, 0) is 11.2 Å². The van der Waals surface area contributed by atoms with E-state index in [4.69, 9.17) is 5.73 Å². The molecule has 2 unspecified atom stereocenters. The molecule has 1 aromatic heterocycles. The van der Waals surface area contributed by atoms with Crippen LogP contribution in [-0.4, -0.2) is 12.5 Å². The molecule has 0 aliphatic carbocycles. The van der Waals surface area contributed by atoms with Gasteiger partial charge in [-0.25, -0.2) is 0 Å². The smallest absolute Gasteiger partial charge is 0.221 e. The lowest BCUT2D eigenvalue weighted by atomic mass is 10.0. The minimum Gasteiger partial charge on any atom is -0.356 e. The molecule has 2 rings (SSSR count). The largest absolute Gasteiger partial charge is 0.356 e.